The maximum atomic E-state index is 12.8. The molecule has 0 atom stereocenters. The topological polar surface area (TPSA) is 128 Å². The minimum atomic E-state index is -4.70. The highest BCUT2D eigenvalue weighted by atomic mass is 79.9. The highest BCUT2D eigenvalue weighted by Crippen LogP contribution is 2.34. The Morgan fingerprint density at radius 3 is 2.53 bits per heavy atom. The molecule has 3 rings (SSSR count). The van der Waals surface area contributed by atoms with E-state index in [2.05, 4.69) is 35.9 Å². The summed E-state index contributed by atoms with van der Waals surface area (Å²) in [6, 6.07) is -3.02. The van der Waals surface area contributed by atoms with E-state index in [1.807, 2.05) is 4.72 Å². The Bertz CT molecular complexity index is 1580. The summed E-state index contributed by atoms with van der Waals surface area (Å²) in [5.74, 6) is -1.23. The zero-order chi connectivity index (χ0) is 31.8. The number of anilines is 1. The molecular formula is C20H23BrN6O4S. The Kier molecular flexibility index (Phi) is 4.76. The quantitative estimate of drug-likeness (QED) is 0.385. The van der Waals surface area contributed by atoms with E-state index in [1.54, 1.807) is 4.72 Å². The number of rotatable bonds is 11. The largest absolute Gasteiger partial charge is 0.473 e. The van der Waals surface area contributed by atoms with Crippen molar-refractivity contribution in [2.75, 3.05) is 24.4 Å². The Labute approximate surface area is 209 Å². The van der Waals surface area contributed by atoms with Crippen molar-refractivity contribution in [3.8, 4) is 23.0 Å². The van der Waals surface area contributed by atoms with Crippen LogP contribution in [-0.2, 0) is 10.2 Å². The predicted octanol–water partition coefficient (Wildman–Crippen LogP) is 3.12. The molecular weight excluding hydrogens is 500 g/mol. The van der Waals surface area contributed by atoms with Gasteiger partial charge < -0.3 is 9.47 Å². The second kappa shape index (κ2) is 11.2. The van der Waals surface area contributed by atoms with E-state index in [0.717, 1.165) is 6.33 Å². The van der Waals surface area contributed by atoms with Gasteiger partial charge in [-0.15, -0.1) is 0 Å². The number of ether oxygens (including phenoxy) is 2. The zero-order valence-corrected chi connectivity index (χ0v) is 19.1. The van der Waals surface area contributed by atoms with Gasteiger partial charge in [-0.3, -0.25) is 4.72 Å². The molecule has 0 bridgehead atoms. The first kappa shape index (κ1) is 13.7. The van der Waals surface area contributed by atoms with Crippen LogP contribution >= 0.6 is 15.9 Å². The molecule has 0 aliphatic rings. The van der Waals surface area contributed by atoms with Gasteiger partial charge in [-0.25, -0.2) is 19.9 Å². The molecule has 0 saturated heterocycles. The lowest BCUT2D eigenvalue weighted by Gasteiger charge is -2.15. The van der Waals surface area contributed by atoms with Gasteiger partial charge in [0, 0.05) is 26.1 Å². The first-order valence-corrected chi connectivity index (χ1v) is 11.1. The summed E-state index contributed by atoms with van der Waals surface area (Å²) in [6.45, 7) is -3.28. The molecule has 2 aromatic heterocycles. The highest BCUT2D eigenvalue weighted by molar-refractivity contribution is 9.10. The number of aromatic nitrogens is 4. The molecule has 2 N–H and O–H groups in total. The number of hydrogen-bond acceptors (Lipinski definition) is 8. The molecule has 0 fully saturated rings. The molecule has 3 aromatic rings. The maximum absolute atomic E-state index is 12.8. The molecule has 0 spiro atoms. The standard InChI is InChI=1S/C20H23BrN6O4S/c1-3-8-26-32(28,29)27-18-17(15-4-6-16(21)7-5-15)19(25-13-24-18)30-9-10-31-20-22-11-14(2)12-23-20/h4-7,11-13,26H,3,8-10H2,1-2H3,(H,24,25,27)/i4D,5D,6D,7D,8D2,10D2,11D,12D. The third-order valence-electron chi connectivity index (χ3n) is 3.34. The van der Waals surface area contributed by atoms with Gasteiger partial charge in [0.05, 0.1) is 16.5 Å². The summed E-state index contributed by atoms with van der Waals surface area (Å²) in [7, 11) is -4.70. The normalized spacial score (nSPS) is 16.6. The van der Waals surface area contributed by atoms with Gasteiger partial charge >= 0.3 is 6.01 Å². The van der Waals surface area contributed by atoms with Gasteiger partial charge in [0.25, 0.3) is 10.2 Å². The third-order valence-corrected chi connectivity index (χ3v) is 4.61. The Hall–Kier alpha value is -2.83. The van der Waals surface area contributed by atoms with Crippen molar-refractivity contribution < 1.29 is 31.6 Å². The van der Waals surface area contributed by atoms with E-state index in [9.17, 15) is 8.42 Å². The SMILES string of the molecule is [2H]c1nc(OC([2H])([2H])COc2ncnc(NS(=O)(=O)NC([2H])([2H])CC)c2-c2c([2H])c([2H])c(Br)c([2H])c2[2H])nc([2H])c1C. The van der Waals surface area contributed by atoms with Crippen LogP contribution in [0.15, 0.2) is 47.3 Å². The average molecular weight is 533 g/mol. The van der Waals surface area contributed by atoms with Gasteiger partial charge in [0.2, 0.25) is 5.88 Å². The van der Waals surface area contributed by atoms with Gasteiger partial charge in [-0.2, -0.15) is 13.1 Å². The molecule has 170 valence electrons. The Balaban J connectivity index is 2.11. The molecule has 2 heterocycles. The molecule has 32 heavy (non-hydrogen) atoms. The molecule has 0 saturated carbocycles. The number of benzene rings is 1. The number of hydrogen-bond donors (Lipinski definition) is 2. The lowest BCUT2D eigenvalue weighted by Crippen LogP contribution is -2.31. The fourth-order valence-electron chi connectivity index (χ4n) is 2.07. The summed E-state index contributed by atoms with van der Waals surface area (Å²) >= 11 is 2.97. The summed E-state index contributed by atoms with van der Waals surface area (Å²) in [5.41, 5.74) is -0.898. The number of nitrogens with zero attached hydrogens (tertiary/aromatic N) is 4. The van der Waals surface area contributed by atoms with Crippen LogP contribution in [0, 0.1) is 6.92 Å². The first-order valence-electron chi connectivity index (χ1n) is 13.9. The fourth-order valence-corrected chi connectivity index (χ4v) is 3.07. The lowest BCUT2D eigenvalue weighted by atomic mass is 10.1. The molecule has 12 heteroatoms. The van der Waals surface area contributed by atoms with Crippen molar-refractivity contribution in [2.45, 2.75) is 20.3 Å². The first-order chi connectivity index (χ1) is 19.3. The van der Waals surface area contributed by atoms with Crippen LogP contribution in [0.2, 0.25) is 0 Å². The Morgan fingerprint density at radius 1 is 1.12 bits per heavy atom. The van der Waals surface area contributed by atoms with Crippen molar-refractivity contribution in [3.63, 3.8) is 0 Å². The van der Waals surface area contributed by atoms with E-state index < -0.39 is 82.9 Å². The van der Waals surface area contributed by atoms with E-state index in [4.69, 9.17) is 23.2 Å². The summed E-state index contributed by atoms with van der Waals surface area (Å²) in [5, 5.41) is 0. The summed E-state index contributed by atoms with van der Waals surface area (Å²) in [6.07, 6.45) is -0.168. The fraction of sp³-hybridized carbons (Fsp3) is 0.300. The monoisotopic (exact) mass is 532 g/mol. The van der Waals surface area contributed by atoms with Gasteiger partial charge in [-0.1, -0.05) is 34.9 Å². The number of nitrogens with one attached hydrogen (secondary N) is 2. The van der Waals surface area contributed by atoms with Crippen molar-refractivity contribution in [1.29, 1.82) is 0 Å². The van der Waals surface area contributed by atoms with Crippen molar-refractivity contribution in [3.05, 3.63) is 52.9 Å². The lowest BCUT2D eigenvalue weighted by molar-refractivity contribution is 0.202. The third kappa shape index (κ3) is 6.84. The average Bonchev–Trinajstić information content (AvgIpc) is 2.88. The molecule has 0 aliphatic carbocycles. The second-order valence-electron chi connectivity index (χ2n) is 5.72. The Morgan fingerprint density at radius 2 is 1.84 bits per heavy atom. The van der Waals surface area contributed by atoms with Crippen molar-refractivity contribution in [2.24, 2.45) is 0 Å². The van der Waals surface area contributed by atoms with Crippen LogP contribution in [0.3, 0.4) is 0 Å². The number of halogens is 1. The zero-order valence-electron chi connectivity index (χ0n) is 26.7. The summed E-state index contributed by atoms with van der Waals surface area (Å²) < 4.78 is 120. The molecule has 0 unspecified atom stereocenters. The van der Waals surface area contributed by atoms with E-state index in [-0.39, 0.29) is 28.8 Å². The van der Waals surface area contributed by atoms with Gasteiger partial charge in [-0.05, 0) is 36.6 Å². The van der Waals surface area contributed by atoms with Crippen molar-refractivity contribution in [1.82, 2.24) is 24.7 Å². The van der Waals surface area contributed by atoms with Gasteiger partial charge in [0.15, 0.2) is 5.82 Å². The molecule has 0 amide bonds. The van der Waals surface area contributed by atoms with Crippen LogP contribution in [0.25, 0.3) is 11.1 Å². The van der Waals surface area contributed by atoms with Crippen LogP contribution in [0.4, 0.5) is 5.82 Å². The molecule has 10 nitrogen and oxygen atoms in total. The van der Waals surface area contributed by atoms with E-state index in [1.165, 1.54) is 13.8 Å². The minimum absolute atomic E-state index is 0.135. The highest BCUT2D eigenvalue weighted by Gasteiger charge is 2.19. The molecule has 0 aliphatic heterocycles. The van der Waals surface area contributed by atoms with Crippen LogP contribution in [0.1, 0.15) is 32.6 Å². The van der Waals surface area contributed by atoms with Crippen LogP contribution in [0.5, 0.6) is 11.9 Å². The molecule has 0 radical (unpaired) electrons. The predicted molar refractivity (Wildman–Crippen MR) is 124 cm³/mol. The smallest absolute Gasteiger partial charge is 0.316 e. The summed E-state index contributed by atoms with van der Waals surface area (Å²) in [4.78, 5) is 15.0. The van der Waals surface area contributed by atoms with E-state index >= 15 is 0 Å². The minimum Gasteiger partial charge on any atom is -0.473 e. The van der Waals surface area contributed by atoms with Gasteiger partial charge in [0.1, 0.15) is 19.5 Å². The van der Waals surface area contributed by atoms with Crippen LogP contribution < -0.4 is 18.9 Å². The van der Waals surface area contributed by atoms with Crippen LogP contribution in [-0.4, -0.2) is 48.0 Å². The maximum Gasteiger partial charge on any atom is 0.316 e. The second-order valence-corrected chi connectivity index (χ2v) is 7.93. The molecule has 1 aromatic carbocycles. The van der Waals surface area contributed by atoms with E-state index in [0.29, 0.717) is 0 Å². The van der Waals surface area contributed by atoms with Crippen molar-refractivity contribution >= 4 is 32.0 Å².